The maximum Gasteiger partial charge on any atom is 0.342 e. The highest BCUT2D eigenvalue weighted by atomic mass is 31.2. The van der Waals surface area contributed by atoms with Gasteiger partial charge in [-0.2, -0.15) is 4.98 Å². The molecule has 2 aromatic rings. The minimum Gasteiger partial charge on any atom is -0.462 e. The van der Waals surface area contributed by atoms with Crippen LogP contribution >= 0.6 is 7.67 Å². The predicted molar refractivity (Wildman–Crippen MR) is 147 cm³/mol. The Hall–Kier alpha value is -3.64. The van der Waals surface area contributed by atoms with Crippen LogP contribution in [-0.2, 0) is 32.9 Å². The number of nitrogens with one attached hydrogen (secondary N) is 3. The van der Waals surface area contributed by atoms with E-state index in [0.29, 0.717) is 0 Å². The lowest BCUT2D eigenvalue weighted by atomic mass is 10.1. The number of halogens is 1. The molecule has 2 aromatic heterocycles. The average Bonchev–Trinajstić information content (AvgIpc) is 3.42. The summed E-state index contributed by atoms with van der Waals surface area (Å²) in [7, 11) is -4.52. The molecule has 6 N–H and O–H groups in total. The number of nitrogens with two attached hydrogens (primary N) is 1. The number of hydrogen-bond acceptors (Lipinski definition) is 13. The van der Waals surface area contributed by atoms with Gasteiger partial charge in [0.2, 0.25) is 11.7 Å². The number of carbonyl (C=O) groups is 2. The quantitative estimate of drug-likeness (QED) is 0.0675. The van der Waals surface area contributed by atoms with Gasteiger partial charge in [-0.15, -0.1) is 0 Å². The highest BCUT2D eigenvalue weighted by Gasteiger charge is 2.57. The van der Waals surface area contributed by atoms with Crippen LogP contribution in [0, 0.1) is 0 Å². The zero-order valence-corrected chi connectivity index (χ0v) is 25.0. The molecule has 0 saturated carbocycles. The number of rotatable bonds is 13. The first-order valence-electron chi connectivity index (χ1n) is 13.0. The Bertz CT molecular complexity index is 1460. The number of fused-ring (bicyclic) bond motifs is 1. The summed E-state index contributed by atoms with van der Waals surface area (Å²) < 4.78 is 51.9. The van der Waals surface area contributed by atoms with Gasteiger partial charge in [0.05, 0.1) is 25.1 Å². The van der Waals surface area contributed by atoms with Crippen LogP contribution in [0.2, 0.25) is 0 Å². The van der Waals surface area contributed by atoms with Crippen molar-refractivity contribution < 1.29 is 42.4 Å². The number of alkyl halides is 1. The summed E-state index contributed by atoms with van der Waals surface area (Å²) in [5.74, 6) is -1.96. The number of ether oxygens (including phenoxy) is 3. The molecule has 1 fully saturated rings. The van der Waals surface area contributed by atoms with Crippen LogP contribution in [0.5, 0.6) is 0 Å². The van der Waals surface area contributed by atoms with E-state index in [9.17, 15) is 29.6 Å². The van der Waals surface area contributed by atoms with Crippen LogP contribution < -0.4 is 21.5 Å². The van der Waals surface area contributed by atoms with Crippen molar-refractivity contribution in [1.82, 2.24) is 29.7 Å². The standard InChI is InChI=1S/C22H34FN10O9P/c1-9(2)40-19(36)11(5)29-43(38,30-12(6)20(37)41-10(3)4)39-7-22(31-32-25)15(34)13(23)18(42-22)33-8-26-14-16(33)27-21(24)28-17(14)35/h8-13,15,18,34H,7H2,1-6H3,(H2,29,30,38)(H3,24,27,28,35)/t11-,12-,13+,15-,18+,22+/m0/s1. The van der Waals surface area contributed by atoms with Gasteiger partial charge in [0.25, 0.3) is 5.56 Å². The highest BCUT2D eigenvalue weighted by molar-refractivity contribution is 7.54. The minimum atomic E-state index is -4.52. The lowest BCUT2D eigenvalue weighted by Gasteiger charge is -2.31. The molecule has 0 bridgehead atoms. The first kappa shape index (κ1) is 33.9. The Morgan fingerprint density at radius 1 is 1.26 bits per heavy atom. The third-order valence-electron chi connectivity index (χ3n) is 5.89. The van der Waals surface area contributed by atoms with E-state index in [1.165, 1.54) is 13.8 Å². The number of aromatic nitrogens is 4. The SMILES string of the molecule is CC(C)OC(=O)[C@H](C)NP(=O)(N[C@@H](C)C(=O)OC(C)C)OC[C@@]1(N=[N+]=[N-])O[C@@H](n2cnc3c(=O)[nH]c(N)nc32)[C@H](F)[C@@H]1O. The Balaban J connectivity index is 1.94. The first-order chi connectivity index (χ1) is 20.0. The number of aliphatic hydroxyl groups excluding tert-OH is 1. The fraction of sp³-hybridized carbons (Fsp3) is 0.682. The molecule has 6 atom stereocenters. The largest absolute Gasteiger partial charge is 0.462 e. The molecule has 43 heavy (non-hydrogen) atoms. The van der Waals surface area contributed by atoms with Crippen molar-refractivity contribution in [3.63, 3.8) is 0 Å². The van der Waals surface area contributed by atoms with E-state index in [1.54, 1.807) is 27.7 Å². The minimum absolute atomic E-state index is 0.206. The van der Waals surface area contributed by atoms with E-state index in [4.69, 9.17) is 24.5 Å². The predicted octanol–water partition coefficient (Wildman–Crippen LogP) is 0.920. The number of anilines is 1. The molecule has 0 spiro atoms. The summed E-state index contributed by atoms with van der Waals surface area (Å²) in [5.41, 5.74) is 11.2. The van der Waals surface area contributed by atoms with Crippen molar-refractivity contribution in [2.75, 3.05) is 12.3 Å². The Labute approximate surface area is 243 Å². The number of H-pyrrole nitrogens is 1. The molecular formula is C22H34FN10O9P. The number of imidazole rings is 1. The topological polar surface area (TPSA) is 271 Å². The third-order valence-corrected chi connectivity index (χ3v) is 7.84. The van der Waals surface area contributed by atoms with E-state index in [1.807, 2.05) is 0 Å². The summed E-state index contributed by atoms with van der Waals surface area (Å²) in [4.78, 5) is 49.7. The molecule has 21 heteroatoms. The Morgan fingerprint density at radius 2 is 1.81 bits per heavy atom. The smallest absolute Gasteiger partial charge is 0.342 e. The lowest BCUT2D eigenvalue weighted by molar-refractivity contribution is -0.149. The monoisotopic (exact) mass is 632 g/mol. The second-order valence-electron chi connectivity index (χ2n) is 10.2. The van der Waals surface area contributed by atoms with Gasteiger partial charge in [0.15, 0.2) is 23.6 Å². The molecule has 0 unspecified atom stereocenters. The second-order valence-corrected chi connectivity index (χ2v) is 12.1. The van der Waals surface area contributed by atoms with Gasteiger partial charge in [-0.1, -0.05) is 5.11 Å². The molecule has 3 rings (SSSR count). The van der Waals surface area contributed by atoms with Crippen LogP contribution in [0.1, 0.15) is 47.8 Å². The van der Waals surface area contributed by atoms with E-state index >= 15 is 4.39 Å². The fourth-order valence-electron chi connectivity index (χ4n) is 3.97. The summed E-state index contributed by atoms with van der Waals surface area (Å²) >= 11 is 0. The molecule has 0 aliphatic carbocycles. The first-order valence-corrected chi connectivity index (χ1v) is 14.6. The van der Waals surface area contributed by atoms with E-state index in [2.05, 4.69) is 35.2 Å². The molecule has 238 valence electrons. The molecular weight excluding hydrogens is 598 g/mol. The molecule has 1 saturated heterocycles. The maximum absolute atomic E-state index is 15.6. The van der Waals surface area contributed by atoms with Crippen molar-refractivity contribution >= 4 is 36.7 Å². The number of aromatic amines is 1. The van der Waals surface area contributed by atoms with Gasteiger partial charge in [-0.05, 0) is 47.1 Å². The molecule has 19 nitrogen and oxygen atoms in total. The van der Waals surface area contributed by atoms with Crippen LogP contribution in [0.3, 0.4) is 0 Å². The van der Waals surface area contributed by atoms with Crippen molar-refractivity contribution in [2.45, 2.75) is 90.1 Å². The highest BCUT2D eigenvalue weighted by Crippen LogP contribution is 2.46. The number of azide groups is 1. The van der Waals surface area contributed by atoms with Gasteiger partial charge in [0.1, 0.15) is 18.2 Å². The summed E-state index contributed by atoms with van der Waals surface area (Å²) in [5, 5.41) is 19.1. The van der Waals surface area contributed by atoms with Gasteiger partial charge in [-0.3, -0.25) is 28.5 Å². The van der Waals surface area contributed by atoms with Crippen LogP contribution in [-0.4, -0.2) is 85.5 Å². The van der Waals surface area contributed by atoms with Crippen molar-refractivity contribution in [2.24, 2.45) is 5.11 Å². The van der Waals surface area contributed by atoms with Crippen molar-refractivity contribution in [1.29, 1.82) is 0 Å². The molecule has 0 aromatic carbocycles. The zero-order chi connectivity index (χ0) is 32.3. The maximum atomic E-state index is 15.6. The molecule has 0 radical (unpaired) electrons. The normalized spacial score (nSPS) is 23.7. The number of esters is 2. The lowest BCUT2D eigenvalue weighted by Crippen LogP contribution is -2.47. The molecule has 3 heterocycles. The van der Waals surface area contributed by atoms with E-state index in [-0.39, 0.29) is 17.1 Å². The molecule has 0 amide bonds. The van der Waals surface area contributed by atoms with Crippen LogP contribution in [0.25, 0.3) is 21.6 Å². The number of aliphatic hydroxyl groups is 1. The third kappa shape index (κ3) is 7.66. The van der Waals surface area contributed by atoms with E-state index in [0.717, 1.165) is 10.9 Å². The van der Waals surface area contributed by atoms with Crippen molar-refractivity contribution in [3.05, 3.63) is 27.1 Å². The number of carbonyl (C=O) groups excluding carboxylic acids is 2. The summed E-state index contributed by atoms with van der Waals surface area (Å²) in [6.45, 7) is 7.94. The van der Waals surface area contributed by atoms with Gasteiger partial charge in [-0.25, -0.2) is 19.5 Å². The van der Waals surface area contributed by atoms with E-state index < -0.39 is 80.3 Å². The second kappa shape index (κ2) is 13.3. The fourth-order valence-corrected chi connectivity index (χ4v) is 5.79. The summed E-state index contributed by atoms with van der Waals surface area (Å²) in [6, 6.07) is -2.54. The van der Waals surface area contributed by atoms with Crippen LogP contribution in [0.15, 0.2) is 16.2 Å². The zero-order valence-electron chi connectivity index (χ0n) is 24.1. The Morgan fingerprint density at radius 3 is 2.33 bits per heavy atom. The van der Waals surface area contributed by atoms with Crippen LogP contribution in [0.4, 0.5) is 10.3 Å². The average molecular weight is 633 g/mol. The number of nitrogen functional groups attached to an aromatic ring is 1. The van der Waals surface area contributed by atoms with Crippen molar-refractivity contribution in [3.8, 4) is 0 Å². The van der Waals surface area contributed by atoms with Gasteiger partial charge < -0.3 is 29.6 Å². The number of hydrogen-bond donors (Lipinski definition) is 5. The van der Waals surface area contributed by atoms with Gasteiger partial charge >= 0.3 is 19.6 Å². The van der Waals surface area contributed by atoms with Gasteiger partial charge in [0, 0.05) is 4.91 Å². The number of nitrogens with zero attached hydrogens (tertiary/aromatic N) is 6. The molecule has 1 aliphatic rings. The Kier molecular flexibility index (Phi) is 10.5. The summed E-state index contributed by atoms with van der Waals surface area (Å²) in [6.07, 6.45) is -6.35. The molecule has 1 aliphatic heterocycles.